The fourth-order valence-corrected chi connectivity index (χ4v) is 3.39. The number of nitrogens with one attached hydrogen (secondary N) is 2. The van der Waals surface area contributed by atoms with Crippen molar-refractivity contribution in [2.45, 2.75) is 32.7 Å². The van der Waals surface area contributed by atoms with E-state index in [2.05, 4.69) is 16.7 Å². The molecule has 6 heteroatoms. The van der Waals surface area contributed by atoms with Crippen LogP contribution in [0.3, 0.4) is 0 Å². The summed E-state index contributed by atoms with van der Waals surface area (Å²) in [5.74, 6) is 0.470. The number of fused-ring (bicyclic) bond motifs is 1. The Morgan fingerprint density at radius 2 is 1.96 bits per heavy atom. The molecule has 2 N–H and O–H groups in total. The Hall–Kier alpha value is -3.02. The van der Waals surface area contributed by atoms with Crippen molar-refractivity contribution in [2.75, 3.05) is 29.2 Å². The summed E-state index contributed by atoms with van der Waals surface area (Å²) in [6.07, 6.45) is 1.95. The van der Waals surface area contributed by atoms with Crippen molar-refractivity contribution in [1.29, 1.82) is 0 Å². The molecular weight excluding hydrogens is 342 g/mol. The fraction of sp³-hybridized carbons (Fsp3) is 0.333. The Balaban J connectivity index is 1.80. The number of aryl methyl sites for hydroxylation is 1. The van der Waals surface area contributed by atoms with Gasteiger partial charge in [0.05, 0.1) is 12.8 Å². The highest BCUT2D eigenvalue weighted by atomic mass is 16.5. The predicted octanol–water partition coefficient (Wildman–Crippen LogP) is 3.43. The lowest BCUT2D eigenvalue weighted by Crippen LogP contribution is -2.44. The Morgan fingerprint density at radius 3 is 2.70 bits per heavy atom. The maximum Gasteiger partial charge on any atom is 0.249 e. The van der Waals surface area contributed by atoms with E-state index in [1.165, 1.54) is 12.5 Å². The number of hydrogen-bond donors (Lipinski definition) is 2. The Labute approximate surface area is 159 Å². The lowest BCUT2D eigenvalue weighted by atomic mass is 10.0. The summed E-state index contributed by atoms with van der Waals surface area (Å²) in [6, 6.07) is 12.9. The predicted molar refractivity (Wildman–Crippen MR) is 107 cm³/mol. The lowest BCUT2D eigenvalue weighted by Gasteiger charge is -2.32. The number of rotatable bonds is 5. The number of carbonyl (C=O) groups is 2. The zero-order valence-corrected chi connectivity index (χ0v) is 15.9. The van der Waals surface area contributed by atoms with Gasteiger partial charge >= 0.3 is 0 Å². The van der Waals surface area contributed by atoms with Gasteiger partial charge in [-0.2, -0.15) is 0 Å². The van der Waals surface area contributed by atoms with E-state index in [9.17, 15) is 9.59 Å². The van der Waals surface area contributed by atoms with Gasteiger partial charge in [0, 0.05) is 24.8 Å². The van der Waals surface area contributed by atoms with Crippen molar-refractivity contribution in [3.63, 3.8) is 0 Å². The third-order valence-electron chi connectivity index (χ3n) is 4.64. The van der Waals surface area contributed by atoms with Gasteiger partial charge in [0.2, 0.25) is 11.8 Å². The largest absolute Gasteiger partial charge is 0.495 e. The van der Waals surface area contributed by atoms with Crippen molar-refractivity contribution in [3.05, 3.63) is 48.0 Å². The van der Waals surface area contributed by atoms with Gasteiger partial charge in [-0.1, -0.05) is 18.2 Å². The number of nitrogens with zero attached hydrogens (tertiary/aromatic N) is 1. The van der Waals surface area contributed by atoms with Crippen LogP contribution in [0.4, 0.5) is 17.1 Å². The van der Waals surface area contributed by atoms with E-state index in [0.29, 0.717) is 23.7 Å². The lowest BCUT2D eigenvalue weighted by molar-refractivity contribution is -0.119. The molecule has 0 saturated carbocycles. The van der Waals surface area contributed by atoms with Gasteiger partial charge in [0.1, 0.15) is 11.8 Å². The summed E-state index contributed by atoms with van der Waals surface area (Å²) in [7, 11) is 1.58. The second kappa shape index (κ2) is 8.12. The maximum atomic E-state index is 13.1. The number of benzene rings is 2. The second-order valence-corrected chi connectivity index (χ2v) is 6.68. The molecule has 142 valence electrons. The van der Waals surface area contributed by atoms with Crippen molar-refractivity contribution < 1.29 is 14.3 Å². The van der Waals surface area contributed by atoms with Crippen LogP contribution in [-0.2, 0) is 16.0 Å². The van der Waals surface area contributed by atoms with E-state index in [4.69, 9.17) is 4.74 Å². The van der Waals surface area contributed by atoms with Gasteiger partial charge in [-0.25, -0.2) is 0 Å². The zero-order valence-electron chi connectivity index (χ0n) is 15.9. The number of ether oxygens (including phenoxy) is 1. The molecule has 1 aliphatic heterocycles. The van der Waals surface area contributed by atoms with Crippen molar-refractivity contribution in [2.24, 2.45) is 0 Å². The van der Waals surface area contributed by atoms with Crippen LogP contribution in [0.2, 0.25) is 0 Å². The van der Waals surface area contributed by atoms with Crippen molar-refractivity contribution in [3.8, 4) is 5.75 Å². The molecule has 6 nitrogen and oxygen atoms in total. The normalized spacial score (nSPS) is 14.1. The number of hydrogen-bond acceptors (Lipinski definition) is 4. The first-order chi connectivity index (χ1) is 13.0. The third kappa shape index (κ3) is 4.22. The highest BCUT2D eigenvalue weighted by molar-refractivity contribution is 5.99. The molecule has 1 heterocycles. The third-order valence-corrected chi connectivity index (χ3v) is 4.64. The van der Waals surface area contributed by atoms with E-state index < -0.39 is 6.04 Å². The van der Waals surface area contributed by atoms with Crippen LogP contribution in [-0.4, -0.2) is 31.5 Å². The van der Waals surface area contributed by atoms with Crippen LogP contribution < -0.4 is 20.3 Å². The molecule has 0 fully saturated rings. The van der Waals surface area contributed by atoms with Gasteiger partial charge in [-0.3, -0.25) is 9.59 Å². The quantitative estimate of drug-likeness (QED) is 0.849. The molecule has 0 aliphatic carbocycles. The SMILES string of the molecule is COc1ccc(NC(C)=O)cc1NC(C)C(=O)N1CCCc2ccccc21. The van der Waals surface area contributed by atoms with E-state index in [-0.39, 0.29) is 11.8 Å². The molecule has 0 aromatic heterocycles. The molecule has 0 saturated heterocycles. The molecule has 2 amide bonds. The van der Waals surface area contributed by atoms with Crippen LogP contribution in [0.5, 0.6) is 5.75 Å². The molecule has 0 spiro atoms. The zero-order chi connectivity index (χ0) is 19.4. The number of anilines is 3. The van der Waals surface area contributed by atoms with E-state index in [1.54, 1.807) is 25.3 Å². The number of carbonyl (C=O) groups excluding carboxylic acids is 2. The Morgan fingerprint density at radius 1 is 1.19 bits per heavy atom. The summed E-state index contributed by atoms with van der Waals surface area (Å²) in [6.45, 7) is 4.01. The standard InChI is InChI=1S/C21H25N3O3/c1-14(21(26)24-12-6-8-16-7-4-5-9-19(16)24)22-18-13-17(23-15(2)25)10-11-20(18)27-3/h4-5,7,9-11,13-14,22H,6,8,12H2,1-3H3,(H,23,25). The molecule has 3 rings (SSSR count). The number of para-hydroxylation sites is 1. The van der Waals surface area contributed by atoms with Gasteiger partial charge < -0.3 is 20.3 Å². The first kappa shape index (κ1) is 18.8. The summed E-state index contributed by atoms with van der Waals surface area (Å²) in [5, 5.41) is 5.98. The minimum absolute atomic E-state index is 0.00846. The monoisotopic (exact) mass is 367 g/mol. The highest BCUT2D eigenvalue weighted by Gasteiger charge is 2.26. The van der Waals surface area contributed by atoms with Gasteiger partial charge in [-0.05, 0) is 49.6 Å². The van der Waals surface area contributed by atoms with E-state index in [0.717, 1.165) is 18.5 Å². The van der Waals surface area contributed by atoms with Gasteiger partial charge in [0.25, 0.3) is 0 Å². The fourth-order valence-electron chi connectivity index (χ4n) is 3.39. The Kier molecular flexibility index (Phi) is 5.64. The maximum absolute atomic E-state index is 13.1. The van der Waals surface area contributed by atoms with E-state index in [1.807, 2.05) is 30.0 Å². The number of methoxy groups -OCH3 is 1. The first-order valence-electron chi connectivity index (χ1n) is 9.11. The van der Waals surface area contributed by atoms with Gasteiger partial charge in [0.15, 0.2) is 0 Å². The first-order valence-corrected chi connectivity index (χ1v) is 9.11. The van der Waals surface area contributed by atoms with Crippen LogP contribution in [0.25, 0.3) is 0 Å². The summed E-state index contributed by atoms with van der Waals surface area (Å²) in [4.78, 5) is 26.2. The molecule has 27 heavy (non-hydrogen) atoms. The molecule has 1 unspecified atom stereocenters. The molecule has 0 bridgehead atoms. The number of amides is 2. The molecule has 1 atom stereocenters. The van der Waals surface area contributed by atoms with Crippen LogP contribution >= 0.6 is 0 Å². The van der Waals surface area contributed by atoms with Gasteiger partial charge in [-0.15, -0.1) is 0 Å². The van der Waals surface area contributed by atoms with Crippen LogP contribution in [0.1, 0.15) is 25.8 Å². The van der Waals surface area contributed by atoms with Crippen molar-refractivity contribution >= 4 is 28.9 Å². The topological polar surface area (TPSA) is 70.7 Å². The Bertz CT molecular complexity index is 850. The van der Waals surface area contributed by atoms with Crippen LogP contribution in [0.15, 0.2) is 42.5 Å². The van der Waals surface area contributed by atoms with Crippen LogP contribution in [0, 0.1) is 0 Å². The minimum Gasteiger partial charge on any atom is -0.495 e. The molecule has 2 aromatic rings. The summed E-state index contributed by atoms with van der Waals surface area (Å²) < 4.78 is 5.39. The van der Waals surface area contributed by atoms with E-state index >= 15 is 0 Å². The summed E-state index contributed by atoms with van der Waals surface area (Å²) in [5.41, 5.74) is 3.50. The minimum atomic E-state index is -0.447. The highest BCUT2D eigenvalue weighted by Crippen LogP contribution is 2.30. The second-order valence-electron chi connectivity index (χ2n) is 6.68. The summed E-state index contributed by atoms with van der Waals surface area (Å²) >= 11 is 0. The molecular formula is C21H25N3O3. The molecule has 0 radical (unpaired) electrons. The molecule has 2 aromatic carbocycles. The van der Waals surface area contributed by atoms with Crippen molar-refractivity contribution in [1.82, 2.24) is 0 Å². The molecule has 1 aliphatic rings. The average Bonchev–Trinajstić information content (AvgIpc) is 2.66. The average molecular weight is 367 g/mol. The smallest absolute Gasteiger partial charge is 0.249 e.